The Hall–Kier alpha value is -2.62. The number of hydrogen-bond donors (Lipinski definition) is 2. The SMILES string of the molecule is CCN(CCC(=O)N1CCNCC1)C(=O)c1ccc(C)cc1.O=C(O)C(F)(F)F. The Labute approximate surface area is 167 Å². The average molecular weight is 417 g/mol. The number of carbonyl (C=O) groups excluding carboxylic acids is 2. The first-order valence-corrected chi connectivity index (χ1v) is 9.20. The zero-order chi connectivity index (χ0) is 22.0. The molecule has 0 unspecified atom stereocenters. The maximum Gasteiger partial charge on any atom is 0.490 e. The van der Waals surface area contributed by atoms with Crippen molar-refractivity contribution in [3.05, 3.63) is 35.4 Å². The van der Waals surface area contributed by atoms with Crippen LogP contribution < -0.4 is 5.32 Å². The Kier molecular flexibility index (Phi) is 9.60. The van der Waals surface area contributed by atoms with Gasteiger partial charge in [-0.2, -0.15) is 13.2 Å². The molecule has 1 aliphatic rings. The maximum absolute atomic E-state index is 12.5. The Bertz CT molecular complexity index is 687. The fourth-order valence-corrected chi connectivity index (χ4v) is 2.58. The third-order valence-electron chi connectivity index (χ3n) is 4.28. The van der Waals surface area contributed by atoms with Crippen molar-refractivity contribution in [2.24, 2.45) is 0 Å². The third kappa shape index (κ3) is 8.51. The number of amides is 2. The highest BCUT2D eigenvalue weighted by Crippen LogP contribution is 2.13. The number of aliphatic carboxylic acids is 1. The van der Waals surface area contributed by atoms with Gasteiger partial charge in [-0.1, -0.05) is 17.7 Å². The van der Waals surface area contributed by atoms with Crippen LogP contribution in [0.4, 0.5) is 13.2 Å². The number of benzene rings is 1. The summed E-state index contributed by atoms with van der Waals surface area (Å²) >= 11 is 0. The summed E-state index contributed by atoms with van der Waals surface area (Å²) in [6.07, 6.45) is -4.69. The minimum Gasteiger partial charge on any atom is -0.475 e. The van der Waals surface area contributed by atoms with Gasteiger partial charge in [-0.25, -0.2) is 4.79 Å². The van der Waals surface area contributed by atoms with E-state index in [-0.39, 0.29) is 11.8 Å². The molecule has 10 heteroatoms. The van der Waals surface area contributed by atoms with E-state index in [2.05, 4.69) is 5.32 Å². The molecule has 0 aliphatic carbocycles. The van der Waals surface area contributed by atoms with Gasteiger partial charge in [0.25, 0.3) is 5.91 Å². The van der Waals surface area contributed by atoms with Crippen molar-refractivity contribution >= 4 is 17.8 Å². The molecule has 2 N–H and O–H groups in total. The quantitative estimate of drug-likeness (QED) is 0.764. The average Bonchev–Trinajstić information content (AvgIpc) is 2.69. The van der Waals surface area contributed by atoms with E-state index in [9.17, 15) is 22.8 Å². The molecule has 1 aromatic rings. The molecule has 1 aliphatic heterocycles. The zero-order valence-electron chi connectivity index (χ0n) is 16.5. The normalized spacial score (nSPS) is 13.9. The molecule has 2 rings (SSSR count). The smallest absolute Gasteiger partial charge is 0.475 e. The highest BCUT2D eigenvalue weighted by Gasteiger charge is 2.38. The number of halogens is 3. The number of carboxylic acids is 1. The summed E-state index contributed by atoms with van der Waals surface area (Å²) in [5.74, 6) is -2.63. The molecular formula is C19H26F3N3O4. The van der Waals surface area contributed by atoms with Gasteiger partial charge in [0.2, 0.25) is 5.91 Å². The van der Waals surface area contributed by atoms with Gasteiger partial charge in [-0.3, -0.25) is 9.59 Å². The van der Waals surface area contributed by atoms with Crippen LogP contribution in [0.15, 0.2) is 24.3 Å². The summed E-state index contributed by atoms with van der Waals surface area (Å²) in [5, 5.41) is 10.4. The molecule has 0 atom stereocenters. The zero-order valence-corrected chi connectivity index (χ0v) is 16.5. The van der Waals surface area contributed by atoms with E-state index >= 15 is 0 Å². The lowest BCUT2D eigenvalue weighted by atomic mass is 10.1. The molecule has 1 saturated heterocycles. The van der Waals surface area contributed by atoms with Crippen LogP contribution in [-0.2, 0) is 9.59 Å². The molecule has 29 heavy (non-hydrogen) atoms. The lowest BCUT2D eigenvalue weighted by molar-refractivity contribution is -0.192. The summed E-state index contributed by atoms with van der Waals surface area (Å²) in [5.41, 5.74) is 1.82. The molecule has 1 fully saturated rings. The number of rotatable bonds is 5. The standard InChI is InChI=1S/C17H25N3O2.C2HF3O2/c1-3-19(17(22)15-6-4-14(2)5-7-15)11-8-16(21)20-12-9-18-10-13-20;3-2(4,5)1(6)7/h4-7,18H,3,8-13H2,1-2H3;(H,6,7). The van der Waals surface area contributed by atoms with Crippen LogP contribution >= 0.6 is 0 Å². The van der Waals surface area contributed by atoms with E-state index in [1.54, 1.807) is 4.90 Å². The summed E-state index contributed by atoms with van der Waals surface area (Å²) in [6, 6.07) is 7.57. The van der Waals surface area contributed by atoms with Crippen LogP contribution in [0.2, 0.25) is 0 Å². The fraction of sp³-hybridized carbons (Fsp3) is 0.526. The number of hydrogen-bond acceptors (Lipinski definition) is 4. The van der Waals surface area contributed by atoms with Crippen molar-refractivity contribution in [1.82, 2.24) is 15.1 Å². The first-order valence-electron chi connectivity index (χ1n) is 9.20. The Balaban J connectivity index is 0.000000516. The second kappa shape index (κ2) is 11.4. The number of carbonyl (C=O) groups is 3. The first kappa shape index (κ1) is 24.4. The molecule has 0 spiro atoms. The largest absolute Gasteiger partial charge is 0.490 e. The third-order valence-corrected chi connectivity index (χ3v) is 4.28. The molecule has 1 aromatic carbocycles. The van der Waals surface area contributed by atoms with E-state index in [4.69, 9.17) is 9.90 Å². The highest BCUT2D eigenvalue weighted by atomic mass is 19.4. The van der Waals surface area contributed by atoms with Crippen molar-refractivity contribution in [2.45, 2.75) is 26.4 Å². The maximum atomic E-state index is 12.5. The van der Waals surface area contributed by atoms with Crippen LogP contribution in [0.1, 0.15) is 29.3 Å². The molecule has 0 radical (unpaired) electrons. The fourth-order valence-electron chi connectivity index (χ4n) is 2.58. The van der Waals surface area contributed by atoms with E-state index in [0.717, 1.165) is 31.7 Å². The molecule has 162 valence electrons. The molecule has 7 nitrogen and oxygen atoms in total. The van der Waals surface area contributed by atoms with E-state index < -0.39 is 12.1 Å². The minimum atomic E-state index is -5.08. The Morgan fingerprint density at radius 2 is 1.66 bits per heavy atom. The molecule has 0 aromatic heterocycles. The molecule has 0 bridgehead atoms. The van der Waals surface area contributed by atoms with Crippen molar-refractivity contribution in [3.8, 4) is 0 Å². The van der Waals surface area contributed by atoms with Crippen LogP contribution in [0.3, 0.4) is 0 Å². The topological polar surface area (TPSA) is 90.0 Å². The number of aryl methyl sites for hydroxylation is 1. The summed E-state index contributed by atoms with van der Waals surface area (Å²) in [6.45, 7) is 8.26. The van der Waals surface area contributed by atoms with Gasteiger partial charge >= 0.3 is 12.1 Å². The molecule has 1 heterocycles. The number of alkyl halides is 3. The van der Waals surface area contributed by atoms with Crippen molar-refractivity contribution < 1.29 is 32.7 Å². The van der Waals surface area contributed by atoms with Gasteiger partial charge in [0.15, 0.2) is 0 Å². The Morgan fingerprint density at radius 1 is 1.14 bits per heavy atom. The number of piperazine rings is 1. The van der Waals surface area contributed by atoms with Gasteiger partial charge in [0.1, 0.15) is 0 Å². The number of nitrogens with one attached hydrogen (secondary N) is 1. The van der Waals surface area contributed by atoms with Crippen LogP contribution in [-0.4, -0.2) is 78.1 Å². The van der Waals surface area contributed by atoms with E-state index in [1.807, 2.05) is 43.0 Å². The van der Waals surface area contributed by atoms with Gasteiger partial charge < -0.3 is 20.2 Å². The van der Waals surface area contributed by atoms with Gasteiger partial charge in [0.05, 0.1) is 0 Å². The van der Waals surface area contributed by atoms with E-state index in [0.29, 0.717) is 25.1 Å². The summed E-state index contributed by atoms with van der Waals surface area (Å²) in [7, 11) is 0. The van der Waals surface area contributed by atoms with Crippen molar-refractivity contribution in [2.75, 3.05) is 39.3 Å². The number of carboxylic acid groups (broad SMARTS) is 1. The van der Waals surface area contributed by atoms with Crippen LogP contribution in [0, 0.1) is 6.92 Å². The predicted octanol–water partition coefficient (Wildman–Crippen LogP) is 1.91. The summed E-state index contributed by atoms with van der Waals surface area (Å²) < 4.78 is 31.7. The first-order chi connectivity index (χ1) is 13.6. The van der Waals surface area contributed by atoms with E-state index in [1.165, 1.54) is 0 Å². The lowest BCUT2D eigenvalue weighted by Gasteiger charge is -2.28. The number of nitrogens with zero attached hydrogens (tertiary/aromatic N) is 2. The summed E-state index contributed by atoms with van der Waals surface area (Å²) in [4.78, 5) is 37.2. The van der Waals surface area contributed by atoms with Gasteiger partial charge in [-0.05, 0) is 26.0 Å². The monoisotopic (exact) mass is 417 g/mol. The van der Waals surface area contributed by atoms with Crippen LogP contribution in [0.25, 0.3) is 0 Å². The molecule has 2 amide bonds. The van der Waals surface area contributed by atoms with Gasteiger partial charge in [-0.15, -0.1) is 0 Å². The highest BCUT2D eigenvalue weighted by molar-refractivity contribution is 5.94. The van der Waals surface area contributed by atoms with Crippen LogP contribution in [0.5, 0.6) is 0 Å². The molecular weight excluding hydrogens is 391 g/mol. The molecule has 0 saturated carbocycles. The van der Waals surface area contributed by atoms with Gasteiger partial charge in [0, 0.05) is 51.3 Å². The van der Waals surface area contributed by atoms with Crippen molar-refractivity contribution in [1.29, 1.82) is 0 Å². The minimum absolute atomic E-state index is 0.00406. The second-order valence-corrected chi connectivity index (χ2v) is 6.43. The Morgan fingerprint density at radius 3 is 2.10 bits per heavy atom. The lowest BCUT2D eigenvalue weighted by Crippen LogP contribution is -2.47. The van der Waals surface area contributed by atoms with Crippen molar-refractivity contribution in [3.63, 3.8) is 0 Å². The predicted molar refractivity (Wildman–Crippen MR) is 101 cm³/mol. The second-order valence-electron chi connectivity index (χ2n) is 6.43.